The van der Waals surface area contributed by atoms with E-state index in [4.69, 9.17) is 14.6 Å². The highest BCUT2D eigenvalue weighted by Crippen LogP contribution is 2.37. The molecule has 3 aliphatic rings. The second kappa shape index (κ2) is 10.8. The third-order valence-corrected chi connectivity index (χ3v) is 7.29. The van der Waals surface area contributed by atoms with Gasteiger partial charge >= 0.3 is 0 Å². The number of likely N-dealkylation sites (tertiary alicyclic amines) is 1. The molecule has 4 rings (SSSR count). The number of allylic oxidation sites excluding steroid dienone is 1. The molecule has 2 unspecified atom stereocenters. The Morgan fingerprint density at radius 2 is 1.97 bits per heavy atom. The summed E-state index contributed by atoms with van der Waals surface area (Å²) in [6, 6.07) is 9.96. The number of carbonyl (C=O) groups is 2. The fourth-order valence-corrected chi connectivity index (χ4v) is 5.10. The van der Waals surface area contributed by atoms with Crippen LogP contribution in [-0.2, 0) is 19.1 Å². The van der Waals surface area contributed by atoms with Crippen molar-refractivity contribution in [3.05, 3.63) is 42.2 Å². The minimum Gasteiger partial charge on any atom is -0.459 e. The third-order valence-electron chi connectivity index (χ3n) is 7.29. The first-order valence-electron chi connectivity index (χ1n) is 12.5. The van der Waals surface area contributed by atoms with Crippen LogP contribution in [0.25, 0.3) is 0 Å². The first kappa shape index (κ1) is 24.5. The molecule has 2 amide bonds. The average molecular weight is 472 g/mol. The summed E-state index contributed by atoms with van der Waals surface area (Å²) in [6.45, 7) is 6.38. The zero-order chi connectivity index (χ0) is 24.1. The van der Waals surface area contributed by atoms with Crippen molar-refractivity contribution < 1.29 is 24.2 Å². The van der Waals surface area contributed by atoms with Gasteiger partial charge in [-0.25, -0.2) is 0 Å². The number of ether oxygens (including phenoxy) is 2. The molecule has 1 spiro atoms. The van der Waals surface area contributed by atoms with Crippen molar-refractivity contribution in [2.24, 2.45) is 11.8 Å². The maximum absolute atomic E-state index is 13.4. The van der Waals surface area contributed by atoms with Gasteiger partial charge in [-0.05, 0) is 55.7 Å². The number of carbonyl (C=O) groups excluding carboxylic acids is 2. The third kappa shape index (κ3) is 5.08. The van der Waals surface area contributed by atoms with Crippen LogP contribution >= 0.6 is 0 Å². The number of nitrogens with one attached hydrogen (secondary N) is 1. The maximum atomic E-state index is 13.4. The molecule has 34 heavy (non-hydrogen) atoms. The van der Waals surface area contributed by atoms with Crippen molar-refractivity contribution in [2.45, 2.75) is 57.8 Å². The highest BCUT2D eigenvalue weighted by Gasteiger charge is 2.51. The van der Waals surface area contributed by atoms with Gasteiger partial charge in [-0.15, -0.1) is 0 Å². The lowest BCUT2D eigenvalue weighted by Gasteiger charge is -2.43. The van der Waals surface area contributed by atoms with Crippen LogP contribution in [0.15, 0.2) is 42.2 Å². The van der Waals surface area contributed by atoms with Gasteiger partial charge in [-0.3, -0.25) is 9.59 Å². The quantitative estimate of drug-likeness (QED) is 0.567. The molecule has 1 aromatic rings. The molecule has 8 heteroatoms. The molecule has 2 atom stereocenters. The number of benzene rings is 1. The lowest BCUT2D eigenvalue weighted by Crippen LogP contribution is -2.57. The van der Waals surface area contributed by atoms with E-state index in [-0.39, 0.29) is 24.3 Å². The molecule has 1 aromatic carbocycles. The number of aliphatic hydroxyl groups is 1. The van der Waals surface area contributed by atoms with E-state index >= 15 is 0 Å². The van der Waals surface area contributed by atoms with Crippen molar-refractivity contribution in [3.63, 3.8) is 0 Å². The van der Waals surface area contributed by atoms with Crippen LogP contribution in [0.3, 0.4) is 0 Å². The maximum Gasteiger partial charge on any atom is 0.288 e. The molecule has 0 bridgehead atoms. The van der Waals surface area contributed by atoms with Crippen LogP contribution < -0.4 is 10.2 Å². The number of hydrogen-bond acceptors (Lipinski definition) is 6. The highest BCUT2D eigenvalue weighted by molar-refractivity contribution is 5.95. The smallest absolute Gasteiger partial charge is 0.288 e. The molecule has 0 saturated carbocycles. The van der Waals surface area contributed by atoms with Crippen molar-refractivity contribution in [1.29, 1.82) is 0 Å². The van der Waals surface area contributed by atoms with Gasteiger partial charge in [0.25, 0.3) is 5.91 Å². The van der Waals surface area contributed by atoms with Crippen molar-refractivity contribution in [1.82, 2.24) is 10.2 Å². The monoisotopic (exact) mass is 471 g/mol. The standard InChI is InChI=1S/C26H37N3O5/c1-19(2)20-16-22(34-23(17-20)33-15-7-6-14-30)24(31)28-12-10-26(11-13-28)25(32)27-18-29(26)21-8-4-3-5-9-21/h3-5,8-9,16,19-20,23,30H,6-7,10-15,17-18H2,1-2H3,(H,27,32). The molecule has 3 heterocycles. The van der Waals surface area contributed by atoms with E-state index in [1.165, 1.54) is 0 Å². The number of unbranched alkanes of at least 4 members (excludes halogenated alkanes) is 1. The normalized spacial score (nSPS) is 24.2. The zero-order valence-electron chi connectivity index (χ0n) is 20.2. The van der Waals surface area contributed by atoms with Crippen LogP contribution in [0.5, 0.6) is 0 Å². The number of aliphatic hydroxyl groups excluding tert-OH is 1. The second-order valence-electron chi connectivity index (χ2n) is 9.77. The number of piperidine rings is 1. The largest absolute Gasteiger partial charge is 0.459 e. The lowest BCUT2D eigenvalue weighted by molar-refractivity contribution is -0.157. The Morgan fingerprint density at radius 1 is 1.24 bits per heavy atom. The van der Waals surface area contributed by atoms with Crippen LogP contribution in [-0.4, -0.2) is 66.6 Å². The fraction of sp³-hybridized carbons (Fsp3) is 0.615. The Balaban J connectivity index is 1.42. The van der Waals surface area contributed by atoms with Crippen molar-refractivity contribution in [3.8, 4) is 0 Å². The van der Waals surface area contributed by atoms with E-state index in [1.54, 1.807) is 4.90 Å². The van der Waals surface area contributed by atoms with E-state index in [0.717, 1.165) is 12.1 Å². The molecular formula is C26H37N3O5. The fourth-order valence-electron chi connectivity index (χ4n) is 5.10. The van der Waals surface area contributed by atoms with E-state index in [2.05, 4.69) is 24.1 Å². The number of hydrogen-bond donors (Lipinski definition) is 2. The topological polar surface area (TPSA) is 91.3 Å². The van der Waals surface area contributed by atoms with Crippen LogP contribution in [0.1, 0.15) is 46.0 Å². The molecule has 0 radical (unpaired) electrons. The van der Waals surface area contributed by atoms with Gasteiger partial charge < -0.3 is 29.7 Å². The molecule has 2 fully saturated rings. The summed E-state index contributed by atoms with van der Waals surface area (Å²) in [7, 11) is 0. The van der Waals surface area contributed by atoms with Gasteiger partial charge in [0.15, 0.2) is 5.76 Å². The van der Waals surface area contributed by atoms with E-state index < -0.39 is 11.8 Å². The van der Waals surface area contributed by atoms with Crippen molar-refractivity contribution >= 4 is 17.5 Å². The summed E-state index contributed by atoms with van der Waals surface area (Å²) < 4.78 is 11.9. The molecule has 2 N–H and O–H groups in total. The Hall–Kier alpha value is -2.58. The number of para-hydroxylation sites is 1. The van der Waals surface area contributed by atoms with Gasteiger partial charge in [0.2, 0.25) is 12.2 Å². The van der Waals surface area contributed by atoms with Gasteiger partial charge in [0.1, 0.15) is 5.54 Å². The summed E-state index contributed by atoms with van der Waals surface area (Å²) in [5, 5.41) is 12.0. The Morgan fingerprint density at radius 3 is 2.65 bits per heavy atom. The van der Waals surface area contributed by atoms with Gasteiger partial charge in [-0.1, -0.05) is 32.0 Å². The van der Waals surface area contributed by atoms with Crippen LogP contribution in [0.4, 0.5) is 5.69 Å². The van der Waals surface area contributed by atoms with E-state index in [0.29, 0.717) is 63.7 Å². The summed E-state index contributed by atoms with van der Waals surface area (Å²) >= 11 is 0. The zero-order valence-corrected chi connectivity index (χ0v) is 20.2. The van der Waals surface area contributed by atoms with Crippen molar-refractivity contribution in [2.75, 3.05) is 37.9 Å². The number of anilines is 1. The predicted octanol–water partition coefficient (Wildman–Crippen LogP) is 2.63. The molecule has 186 valence electrons. The molecule has 0 aliphatic carbocycles. The highest BCUT2D eigenvalue weighted by atomic mass is 16.7. The van der Waals surface area contributed by atoms with Crippen LogP contribution in [0, 0.1) is 11.8 Å². The van der Waals surface area contributed by atoms with Gasteiger partial charge in [0, 0.05) is 31.8 Å². The molecule has 8 nitrogen and oxygen atoms in total. The summed E-state index contributed by atoms with van der Waals surface area (Å²) in [6.07, 6.45) is 4.78. The molecule has 2 saturated heterocycles. The van der Waals surface area contributed by atoms with Gasteiger partial charge in [-0.2, -0.15) is 0 Å². The Bertz CT molecular complexity index is 880. The average Bonchev–Trinajstić information content (AvgIpc) is 3.17. The first-order chi connectivity index (χ1) is 16.4. The summed E-state index contributed by atoms with van der Waals surface area (Å²) in [5.41, 5.74) is 0.388. The number of nitrogens with zero attached hydrogens (tertiary/aromatic N) is 2. The minimum absolute atomic E-state index is 0.0350. The van der Waals surface area contributed by atoms with E-state index in [1.807, 2.05) is 36.4 Å². The summed E-state index contributed by atoms with van der Waals surface area (Å²) in [4.78, 5) is 30.2. The predicted molar refractivity (Wildman–Crippen MR) is 129 cm³/mol. The number of amides is 2. The Kier molecular flexibility index (Phi) is 7.78. The number of rotatable bonds is 8. The van der Waals surface area contributed by atoms with Gasteiger partial charge in [0.05, 0.1) is 13.3 Å². The van der Waals surface area contributed by atoms with Crippen LogP contribution in [0.2, 0.25) is 0 Å². The summed E-state index contributed by atoms with van der Waals surface area (Å²) in [5.74, 6) is 0.813. The second-order valence-corrected chi connectivity index (χ2v) is 9.77. The Labute approximate surface area is 201 Å². The molecule has 3 aliphatic heterocycles. The SMILES string of the molecule is CC(C)C1C=C(C(=O)N2CCC3(CC2)C(=O)NCN3c2ccccc2)OC(OCCCCO)C1. The molecule has 0 aromatic heterocycles. The lowest BCUT2D eigenvalue weighted by atomic mass is 9.85. The first-order valence-corrected chi connectivity index (χ1v) is 12.5. The van der Waals surface area contributed by atoms with E-state index in [9.17, 15) is 9.59 Å². The minimum atomic E-state index is -0.626. The molecular weight excluding hydrogens is 434 g/mol.